The maximum Gasteiger partial charge on any atom is 0.255 e. The molecule has 2 rings (SSSR count). The number of anilines is 1. The molecule has 0 bridgehead atoms. The van der Waals surface area contributed by atoms with Crippen LogP contribution in [0.5, 0.6) is 0 Å². The van der Waals surface area contributed by atoms with E-state index in [1.165, 1.54) is 0 Å². The Morgan fingerprint density at radius 2 is 2.11 bits per heavy atom. The maximum absolute atomic E-state index is 12.4. The summed E-state index contributed by atoms with van der Waals surface area (Å²) >= 11 is 3.33. The van der Waals surface area contributed by atoms with Crippen LogP contribution in [0.1, 0.15) is 16.8 Å². The van der Waals surface area contributed by atoms with Crippen molar-refractivity contribution in [2.45, 2.75) is 6.42 Å². The van der Waals surface area contributed by atoms with Crippen molar-refractivity contribution in [3.05, 3.63) is 28.2 Å². The largest absolute Gasteiger partial charge is 0.398 e. The van der Waals surface area contributed by atoms with Gasteiger partial charge in [-0.2, -0.15) is 0 Å². The topological polar surface area (TPSA) is 66.6 Å². The first kappa shape index (κ1) is 13.9. The smallest absolute Gasteiger partial charge is 0.255 e. The van der Waals surface area contributed by atoms with E-state index in [4.69, 9.17) is 5.73 Å². The molecule has 1 aromatic rings. The van der Waals surface area contributed by atoms with Gasteiger partial charge in [-0.1, -0.05) is 6.07 Å². The Morgan fingerprint density at radius 1 is 1.37 bits per heavy atom. The van der Waals surface area contributed by atoms with E-state index in [9.17, 15) is 9.59 Å². The zero-order valence-corrected chi connectivity index (χ0v) is 12.3. The second-order valence-corrected chi connectivity index (χ2v) is 5.40. The van der Waals surface area contributed by atoms with Crippen LogP contribution in [0.2, 0.25) is 0 Å². The molecule has 1 aromatic carbocycles. The molecule has 0 spiro atoms. The van der Waals surface area contributed by atoms with Crippen LogP contribution in [0.4, 0.5) is 5.69 Å². The lowest BCUT2D eigenvalue weighted by molar-refractivity contribution is -0.129. The highest BCUT2D eigenvalue weighted by atomic mass is 79.9. The van der Waals surface area contributed by atoms with Gasteiger partial charge in [-0.3, -0.25) is 9.59 Å². The van der Waals surface area contributed by atoms with E-state index in [1.807, 2.05) is 0 Å². The molecule has 0 aliphatic carbocycles. The Bertz CT molecular complexity index is 519. The molecule has 1 aliphatic heterocycles. The van der Waals surface area contributed by atoms with Crippen LogP contribution < -0.4 is 5.73 Å². The lowest BCUT2D eigenvalue weighted by Gasteiger charge is -2.20. The zero-order chi connectivity index (χ0) is 14.0. The number of nitrogens with two attached hydrogens (primary N) is 1. The summed E-state index contributed by atoms with van der Waals surface area (Å²) in [5.74, 6) is -0.200. The average Bonchev–Trinajstić information content (AvgIpc) is 2.55. The molecular weight excluding hydrogens is 310 g/mol. The molecule has 19 heavy (non-hydrogen) atoms. The molecule has 0 unspecified atom stereocenters. The van der Waals surface area contributed by atoms with Crippen LogP contribution in [0.15, 0.2) is 22.7 Å². The van der Waals surface area contributed by atoms with Gasteiger partial charge in [0.05, 0.1) is 10.0 Å². The Hall–Kier alpha value is -1.56. The number of nitrogen functional groups attached to an aromatic ring is 1. The number of carbonyl (C=O) groups is 2. The van der Waals surface area contributed by atoms with Crippen LogP contribution in [-0.2, 0) is 4.79 Å². The number of amides is 2. The van der Waals surface area contributed by atoms with E-state index < -0.39 is 0 Å². The van der Waals surface area contributed by atoms with Crippen LogP contribution in [-0.4, -0.2) is 48.3 Å². The predicted octanol–water partition coefficient (Wildman–Crippen LogP) is 1.34. The minimum absolute atomic E-state index is 0.0362. The number of benzene rings is 1. The molecule has 2 amide bonds. The van der Waals surface area contributed by atoms with Crippen molar-refractivity contribution in [2.75, 3.05) is 32.4 Å². The van der Waals surface area contributed by atoms with Gasteiger partial charge < -0.3 is 15.5 Å². The summed E-state index contributed by atoms with van der Waals surface area (Å²) in [6, 6.07) is 5.17. The summed E-state index contributed by atoms with van der Waals surface area (Å²) < 4.78 is 0.588. The van der Waals surface area contributed by atoms with Gasteiger partial charge in [-0.15, -0.1) is 0 Å². The number of nitrogens with zero attached hydrogens (tertiary/aromatic N) is 2. The normalized spacial score (nSPS) is 16.4. The van der Waals surface area contributed by atoms with Gasteiger partial charge in [-0.05, 0) is 34.5 Å². The maximum atomic E-state index is 12.4. The fourth-order valence-corrected chi connectivity index (χ4v) is 2.48. The Balaban J connectivity index is 2.24. The van der Waals surface area contributed by atoms with Crippen molar-refractivity contribution in [3.63, 3.8) is 0 Å². The van der Waals surface area contributed by atoms with Crippen molar-refractivity contribution in [1.82, 2.24) is 9.80 Å². The van der Waals surface area contributed by atoms with E-state index >= 15 is 0 Å². The number of likely N-dealkylation sites (N-methyl/N-ethyl adjacent to an activating group) is 1. The van der Waals surface area contributed by atoms with Gasteiger partial charge >= 0.3 is 0 Å². The molecule has 0 aromatic heterocycles. The number of hydrogen-bond acceptors (Lipinski definition) is 3. The monoisotopic (exact) mass is 325 g/mol. The first-order valence-corrected chi connectivity index (χ1v) is 6.87. The van der Waals surface area contributed by atoms with E-state index in [0.717, 1.165) is 6.42 Å². The number of rotatable bonds is 1. The molecule has 1 fully saturated rings. The van der Waals surface area contributed by atoms with Crippen molar-refractivity contribution in [1.29, 1.82) is 0 Å². The quantitative estimate of drug-likeness (QED) is 0.792. The summed E-state index contributed by atoms with van der Waals surface area (Å²) in [6.07, 6.45) is 0.786. The van der Waals surface area contributed by atoms with Crippen LogP contribution in [0.3, 0.4) is 0 Å². The van der Waals surface area contributed by atoms with Crippen LogP contribution >= 0.6 is 15.9 Å². The van der Waals surface area contributed by atoms with Gasteiger partial charge in [0.1, 0.15) is 6.54 Å². The molecule has 102 valence electrons. The Morgan fingerprint density at radius 3 is 2.84 bits per heavy atom. The number of carbonyl (C=O) groups excluding carboxylic acids is 2. The summed E-state index contributed by atoms with van der Waals surface area (Å²) in [4.78, 5) is 27.5. The summed E-state index contributed by atoms with van der Waals surface area (Å²) in [6.45, 7) is 1.38. The average molecular weight is 326 g/mol. The number of halogens is 1. The summed E-state index contributed by atoms with van der Waals surface area (Å²) in [5, 5.41) is 0. The van der Waals surface area contributed by atoms with Gasteiger partial charge in [0.25, 0.3) is 5.91 Å². The van der Waals surface area contributed by atoms with E-state index in [-0.39, 0.29) is 18.4 Å². The second kappa shape index (κ2) is 5.61. The minimum Gasteiger partial charge on any atom is -0.398 e. The Labute approximate surface area is 120 Å². The van der Waals surface area contributed by atoms with Gasteiger partial charge in [0, 0.05) is 25.8 Å². The minimum atomic E-state index is -0.164. The molecule has 1 aliphatic rings. The van der Waals surface area contributed by atoms with Gasteiger partial charge in [0.15, 0.2) is 0 Å². The predicted molar refractivity (Wildman–Crippen MR) is 76.7 cm³/mol. The van der Waals surface area contributed by atoms with Gasteiger partial charge in [-0.25, -0.2) is 0 Å². The van der Waals surface area contributed by atoms with Crippen molar-refractivity contribution >= 4 is 33.4 Å². The highest BCUT2D eigenvalue weighted by molar-refractivity contribution is 9.10. The first-order chi connectivity index (χ1) is 9.00. The molecule has 0 radical (unpaired) electrons. The van der Waals surface area contributed by atoms with Crippen LogP contribution in [0, 0.1) is 0 Å². The third kappa shape index (κ3) is 2.89. The lowest BCUT2D eigenvalue weighted by Crippen LogP contribution is -2.38. The molecule has 0 atom stereocenters. The van der Waals surface area contributed by atoms with Crippen molar-refractivity contribution in [3.8, 4) is 0 Å². The van der Waals surface area contributed by atoms with Crippen molar-refractivity contribution < 1.29 is 9.59 Å². The number of hydrogen-bond donors (Lipinski definition) is 1. The molecule has 1 heterocycles. The molecule has 1 saturated heterocycles. The van der Waals surface area contributed by atoms with E-state index in [2.05, 4.69) is 15.9 Å². The first-order valence-electron chi connectivity index (χ1n) is 6.08. The fourth-order valence-electron chi connectivity index (χ4n) is 2.05. The van der Waals surface area contributed by atoms with Gasteiger partial charge in [0.2, 0.25) is 5.91 Å². The van der Waals surface area contributed by atoms with E-state index in [1.54, 1.807) is 35.0 Å². The molecular formula is C13H16BrN3O2. The summed E-state index contributed by atoms with van der Waals surface area (Å²) in [7, 11) is 1.76. The highest BCUT2D eigenvalue weighted by Gasteiger charge is 2.25. The standard InChI is InChI=1S/C13H16BrN3O2/c1-16-6-3-7-17(8-11(16)18)13(19)9-4-2-5-10(15)12(9)14/h2,4-5H,3,6-8,15H2,1H3. The van der Waals surface area contributed by atoms with E-state index in [0.29, 0.717) is 28.8 Å². The molecule has 6 heteroatoms. The lowest BCUT2D eigenvalue weighted by atomic mass is 10.1. The van der Waals surface area contributed by atoms with Crippen molar-refractivity contribution in [2.24, 2.45) is 0 Å². The zero-order valence-electron chi connectivity index (χ0n) is 10.7. The highest BCUT2D eigenvalue weighted by Crippen LogP contribution is 2.25. The van der Waals surface area contributed by atoms with Crippen LogP contribution in [0.25, 0.3) is 0 Å². The third-order valence-electron chi connectivity index (χ3n) is 3.22. The Kier molecular flexibility index (Phi) is 4.09. The SMILES string of the molecule is CN1CCCN(C(=O)c2cccc(N)c2Br)CC1=O. The third-order valence-corrected chi connectivity index (χ3v) is 4.10. The molecule has 5 nitrogen and oxygen atoms in total. The molecule has 0 saturated carbocycles. The molecule has 2 N–H and O–H groups in total. The summed E-state index contributed by atoms with van der Waals surface area (Å²) in [5.41, 5.74) is 6.79. The second-order valence-electron chi connectivity index (χ2n) is 4.60. The fraction of sp³-hybridized carbons (Fsp3) is 0.385.